The van der Waals surface area contributed by atoms with E-state index >= 15 is 0 Å². The SMILES string of the molecule is CCCN(CC1CCNCC1)C(=O)c1ncccc1C. The molecule has 110 valence electrons. The highest BCUT2D eigenvalue weighted by Gasteiger charge is 2.22. The Hall–Kier alpha value is -1.42. The maximum atomic E-state index is 12.7. The first-order valence-corrected chi connectivity index (χ1v) is 7.64. The summed E-state index contributed by atoms with van der Waals surface area (Å²) in [6, 6.07) is 3.83. The van der Waals surface area contributed by atoms with Gasteiger partial charge in [-0.25, -0.2) is 0 Å². The van der Waals surface area contributed by atoms with Crippen LogP contribution in [-0.4, -0.2) is 42.0 Å². The summed E-state index contributed by atoms with van der Waals surface area (Å²) >= 11 is 0. The number of carbonyl (C=O) groups is 1. The van der Waals surface area contributed by atoms with Gasteiger partial charge < -0.3 is 10.2 Å². The second-order valence-corrected chi connectivity index (χ2v) is 5.61. The largest absolute Gasteiger partial charge is 0.337 e. The molecule has 0 atom stereocenters. The van der Waals surface area contributed by atoms with Gasteiger partial charge in [-0.15, -0.1) is 0 Å². The van der Waals surface area contributed by atoms with Gasteiger partial charge in [-0.05, 0) is 56.8 Å². The van der Waals surface area contributed by atoms with Gasteiger partial charge in [0, 0.05) is 19.3 Å². The number of piperidine rings is 1. The van der Waals surface area contributed by atoms with E-state index in [1.807, 2.05) is 24.0 Å². The van der Waals surface area contributed by atoms with Crippen LogP contribution in [0.3, 0.4) is 0 Å². The topological polar surface area (TPSA) is 45.2 Å². The van der Waals surface area contributed by atoms with E-state index in [4.69, 9.17) is 0 Å². The van der Waals surface area contributed by atoms with Crippen LogP contribution in [0.25, 0.3) is 0 Å². The molecular weight excluding hydrogens is 250 g/mol. The molecule has 1 aliphatic heterocycles. The predicted molar refractivity (Wildman–Crippen MR) is 80.8 cm³/mol. The molecule has 4 nitrogen and oxygen atoms in total. The molecule has 0 unspecified atom stereocenters. The molecule has 2 rings (SSSR count). The van der Waals surface area contributed by atoms with Gasteiger partial charge in [0.2, 0.25) is 0 Å². The third kappa shape index (κ3) is 3.79. The fourth-order valence-corrected chi connectivity index (χ4v) is 2.78. The molecule has 0 bridgehead atoms. The van der Waals surface area contributed by atoms with Crippen LogP contribution in [-0.2, 0) is 0 Å². The van der Waals surface area contributed by atoms with E-state index in [1.54, 1.807) is 6.20 Å². The molecule has 1 aliphatic rings. The Morgan fingerprint density at radius 2 is 2.20 bits per heavy atom. The van der Waals surface area contributed by atoms with Crippen LogP contribution in [0.2, 0.25) is 0 Å². The Morgan fingerprint density at radius 1 is 1.45 bits per heavy atom. The lowest BCUT2D eigenvalue weighted by Crippen LogP contribution is -2.40. The van der Waals surface area contributed by atoms with Crippen molar-refractivity contribution in [2.45, 2.75) is 33.1 Å². The molecule has 1 N–H and O–H groups in total. The molecule has 1 fully saturated rings. The number of amides is 1. The summed E-state index contributed by atoms with van der Waals surface area (Å²) in [5.41, 5.74) is 1.57. The van der Waals surface area contributed by atoms with Crippen LogP contribution in [0.4, 0.5) is 0 Å². The summed E-state index contributed by atoms with van der Waals surface area (Å²) in [5, 5.41) is 3.37. The van der Waals surface area contributed by atoms with E-state index in [1.165, 1.54) is 0 Å². The maximum Gasteiger partial charge on any atom is 0.272 e. The standard InChI is InChI=1S/C16H25N3O/c1-3-11-19(12-14-6-9-17-10-7-14)16(20)15-13(2)5-4-8-18-15/h4-5,8,14,17H,3,6-7,9-12H2,1-2H3. The molecule has 2 heterocycles. The second-order valence-electron chi connectivity index (χ2n) is 5.61. The van der Waals surface area contributed by atoms with E-state index in [0.717, 1.165) is 51.0 Å². The number of hydrogen-bond acceptors (Lipinski definition) is 3. The summed E-state index contributed by atoms with van der Waals surface area (Å²) in [5.74, 6) is 0.708. The molecule has 0 aromatic carbocycles. The minimum Gasteiger partial charge on any atom is -0.337 e. The number of carbonyl (C=O) groups excluding carboxylic acids is 1. The monoisotopic (exact) mass is 275 g/mol. The first-order chi connectivity index (χ1) is 9.72. The molecule has 0 saturated carbocycles. The summed E-state index contributed by atoms with van der Waals surface area (Å²) in [4.78, 5) is 18.9. The molecule has 1 aromatic heterocycles. The van der Waals surface area contributed by atoms with Gasteiger partial charge in [0.15, 0.2) is 0 Å². The average molecular weight is 275 g/mol. The normalized spacial score (nSPS) is 16.1. The third-order valence-electron chi connectivity index (χ3n) is 3.93. The molecule has 1 saturated heterocycles. The highest BCUT2D eigenvalue weighted by atomic mass is 16.2. The van der Waals surface area contributed by atoms with Crippen molar-refractivity contribution in [3.8, 4) is 0 Å². The Bertz CT molecular complexity index is 441. The van der Waals surface area contributed by atoms with Crippen LogP contribution < -0.4 is 5.32 Å². The molecule has 1 aromatic rings. The average Bonchev–Trinajstić information content (AvgIpc) is 2.48. The first kappa shape index (κ1) is 15.0. The second kappa shape index (κ2) is 7.39. The van der Waals surface area contributed by atoms with Crippen molar-refractivity contribution in [1.29, 1.82) is 0 Å². The van der Waals surface area contributed by atoms with Gasteiger partial charge in [0.25, 0.3) is 5.91 Å². The number of nitrogens with one attached hydrogen (secondary N) is 1. The lowest BCUT2D eigenvalue weighted by Gasteiger charge is -2.30. The summed E-state index contributed by atoms with van der Waals surface area (Å²) in [6.07, 6.45) is 5.01. The molecule has 4 heteroatoms. The Labute approximate surface area is 121 Å². The van der Waals surface area contributed by atoms with Crippen LogP contribution >= 0.6 is 0 Å². The van der Waals surface area contributed by atoms with Crippen molar-refractivity contribution < 1.29 is 4.79 Å². The minimum atomic E-state index is 0.0866. The molecule has 0 aliphatic carbocycles. The van der Waals surface area contributed by atoms with Crippen molar-refractivity contribution in [2.75, 3.05) is 26.2 Å². The van der Waals surface area contributed by atoms with Crippen molar-refractivity contribution in [2.24, 2.45) is 5.92 Å². The van der Waals surface area contributed by atoms with E-state index in [9.17, 15) is 4.79 Å². The van der Waals surface area contributed by atoms with E-state index in [2.05, 4.69) is 17.2 Å². The smallest absolute Gasteiger partial charge is 0.272 e. The van der Waals surface area contributed by atoms with E-state index < -0.39 is 0 Å². The molecule has 1 amide bonds. The fraction of sp³-hybridized carbons (Fsp3) is 0.625. The highest BCUT2D eigenvalue weighted by Crippen LogP contribution is 2.16. The van der Waals surface area contributed by atoms with Gasteiger partial charge in [-0.1, -0.05) is 13.0 Å². The van der Waals surface area contributed by atoms with Crippen molar-refractivity contribution >= 4 is 5.91 Å². The number of rotatable bonds is 5. The van der Waals surface area contributed by atoms with Gasteiger partial charge in [0.1, 0.15) is 5.69 Å². The lowest BCUT2D eigenvalue weighted by molar-refractivity contribution is 0.0709. The summed E-state index contributed by atoms with van der Waals surface area (Å²) in [6.45, 7) is 7.90. The third-order valence-corrected chi connectivity index (χ3v) is 3.93. The van der Waals surface area contributed by atoms with Gasteiger partial charge in [0.05, 0.1) is 0 Å². The van der Waals surface area contributed by atoms with Crippen LogP contribution in [0.15, 0.2) is 18.3 Å². The highest BCUT2D eigenvalue weighted by molar-refractivity contribution is 5.93. The summed E-state index contributed by atoms with van der Waals surface area (Å²) in [7, 11) is 0. The Kier molecular flexibility index (Phi) is 5.53. The number of nitrogens with zero attached hydrogens (tertiary/aromatic N) is 2. The lowest BCUT2D eigenvalue weighted by atomic mass is 9.97. The quantitative estimate of drug-likeness (QED) is 0.896. The fourth-order valence-electron chi connectivity index (χ4n) is 2.78. The molecule has 0 spiro atoms. The van der Waals surface area contributed by atoms with E-state index in [0.29, 0.717) is 11.6 Å². The van der Waals surface area contributed by atoms with Crippen LogP contribution in [0.1, 0.15) is 42.2 Å². The number of hydrogen-bond donors (Lipinski definition) is 1. The van der Waals surface area contributed by atoms with Crippen molar-refractivity contribution in [1.82, 2.24) is 15.2 Å². The predicted octanol–water partition coefficient (Wildman–Crippen LogP) is 2.24. The number of aryl methyl sites for hydroxylation is 1. The summed E-state index contributed by atoms with van der Waals surface area (Å²) < 4.78 is 0. The molecule has 20 heavy (non-hydrogen) atoms. The van der Waals surface area contributed by atoms with Gasteiger partial charge >= 0.3 is 0 Å². The minimum absolute atomic E-state index is 0.0866. The van der Waals surface area contributed by atoms with Gasteiger partial charge in [-0.2, -0.15) is 0 Å². The first-order valence-electron chi connectivity index (χ1n) is 7.64. The molecular formula is C16H25N3O. The van der Waals surface area contributed by atoms with Gasteiger partial charge in [-0.3, -0.25) is 9.78 Å². The zero-order valence-electron chi connectivity index (χ0n) is 12.6. The zero-order valence-corrected chi connectivity index (χ0v) is 12.6. The van der Waals surface area contributed by atoms with Crippen molar-refractivity contribution in [3.05, 3.63) is 29.6 Å². The molecule has 0 radical (unpaired) electrons. The van der Waals surface area contributed by atoms with E-state index in [-0.39, 0.29) is 5.91 Å². The number of pyridine rings is 1. The zero-order chi connectivity index (χ0) is 14.4. The van der Waals surface area contributed by atoms with Crippen molar-refractivity contribution in [3.63, 3.8) is 0 Å². The Morgan fingerprint density at radius 3 is 2.85 bits per heavy atom. The van der Waals surface area contributed by atoms with Crippen LogP contribution in [0, 0.1) is 12.8 Å². The van der Waals surface area contributed by atoms with Crippen LogP contribution in [0.5, 0.6) is 0 Å². The maximum absolute atomic E-state index is 12.7. The number of aromatic nitrogens is 1. The Balaban J connectivity index is 2.07.